The Morgan fingerprint density at radius 2 is 0.976 bits per heavy atom. The van der Waals surface area contributed by atoms with E-state index in [2.05, 4.69) is 153 Å². The van der Waals surface area contributed by atoms with Gasteiger partial charge in [-0.15, -0.1) is 0 Å². The number of nitrogens with one attached hydrogen (secondary N) is 1. The Morgan fingerprint density at radius 3 is 1.66 bits per heavy atom. The number of benzene rings is 7. The van der Waals surface area contributed by atoms with Gasteiger partial charge in [0.2, 0.25) is 0 Å². The molecule has 8 rings (SSSR count). The molecule has 0 fully saturated rings. The SMILES string of the molecule is Cc1cc(Nc2ccc3c(c2)C(C)(C)c2ccccc2-3)ccc1-c1ccc2c3ccccc3c3ccccc3c2c1. The summed E-state index contributed by atoms with van der Waals surface area (Å²) in [7, 11) is 0. The molecular weight excluding hydrogens is 494 g/mol. The summed E-state index contributed by atoms with van der Waals surface area (Å²) in [6.45, 7) is 6.87. The van der Waals surface area contributed by atoms with E-state index in [0.717, 1.165) is 11.4 Å². The molecule has 196 valence electrons. The van der Waals surface area contributed by atoms with E-state index in [1.165, 1.54) is 71.3 Å². The summed E-state index contributed by atoms with van der Waals surface area (Å²) in [4.78, 5) is 0. The fraction of sp³-hybridized carbons (Fsp3) is 0.100. The van der Waals surface area contributed by atoms with Crippen molar-refractivity contribution in [3.8, 4) is 22.3 Å². The van der Waals surface area contributed by atoms with Gasteiger partial charge in [-0.1, -0.05) is 111 Å². The molecule has 1 aliphatic carbocycles. The molecule has 1 aliphatic rings. The van der Waals surface area contributed by atoms with E-state index >= 15 is 0 Å². The highest BCUT2D eigenvalue weighted by Gasteiger charge is 2.35. The number of rotatable bonds is 3. The predicted octanol–water partition coefficient (Wildman–Crippen LogP) is 11.2. The van der Waals surface area contributed by atoms with Gasteiger partial charge in [-0.3, -0.25) is 0 Å². The Labute approximate surface area is 241 Å². The van der Waals surface area contributed by atoms with Gasteiger partial charge in [0, 0.05) is 16.8 Å². The number of anilines is 2. The van der Waals surface area contributed by atoms with Crippen LogP contribution in [-0.2, 0) is 5.41 Å². The molecule has 0 saturated heterocycles. The maximum atomic E-state index is 3.69. The number of aryl methyl sites for hydroxylation is 1. The zero-order chi connectivity index (χ0) is 27.7. The summed E-state index contributed by atoms with van der Waals surface area (Å²) in [5, 5.41) is 11.5. The number of hydrogen-bond acceptors (Lipinski definition) is 1. The van der Waals surface area contributed by atoms with Crippen molar-refractivity contribution >= 4 is 43.7 Å². The number of hydrogen-bond donors (Lipinski definition) is 1. The molecule has 0 atom stereocenters. The largest absolute Gasteiger partial charge is 0.356 e. The first kappa shape index (κ1) is 24.0. The lowest BCUT2D eigenvalue weighted by Crippen LogP contribution is -2.15. The van der Waals surface area contributed by atoms with Gasteiger partial charge in [-0.25, -0.2) is 0 Å². The van der Waals surface area contributed by atoms with E-state index in [4.69, 9.17) is 0 Å². The average molecular weight is 526 g/mol. The Kier molecular flexibility index (Phi) is 5.15. The molecule has 0 spiro atoms. The summed E-state index contributed by atoms with van der Waals surface area (Å²) in [5.74, 6) is 0. The summed E-state index contributed by atoms with van der Waals surface area (Å²) >= 11 is 0. The average Bonchev–Trinajstić information content (AvgIpc) is 3.23. The smallest absolute Gasteiger partial charge is 0.0387 e. The van der Waals surface area contributed by atoms with Gasteiger partial charge >= 0.3 is 0 Å². The lowest BCUT2D eigenvalue weighted by atomic mass is 9.82. The molecule has 0 heterocycles. The first-order valence-corrected chi connectivity index (χ1v) is 14.4. The zero-order valence-corrected chi connectivity index (χ0v) is 23.6. The minimum Gasteiger partial charge on any atom is -0.356 e. The van der Waals surface area contributed by atoms with Gasteiger partial charge in [0.15, 0.2) is 0 Å². The normalized spacial score (nSPS) is 13.4. The van der Waals surface area contributed by atoms with Crippen LogP contribution in [0.1, 0.15) is 30.5 Å². The van der Waals surface area contributed by atoms with Crippen molar-refractivity contribution in [1.82, 2.24) is 0 Å². The highest BCUT2D eigenvalue weighted by atomic mass is 14.9. The minimum absolute atomic E-state index is 0.00499. The maximum Gasteiger partial charge on any atom is 0.0387 e. The van der Waals surface area contributed by atoms with Gasteiger partial charge in [-0.2, -0.15) is 0 Å². The van der Waals surface area contributed by atoms with Crippen LogP contribution in [-0.4, -0.2) is 0 Å². The Bertz CT molecular complexity index is 2130. The van der Waals surface area contributed by atoms with Gasteiger partial charge in [0.1, 0.15) is 0 Å². The third kappa shape index (κ3) is 3.62. The molecule has 7 aromatic rings. The molecule has 7 aromatic carbocycles. The predicted molar refractivity (Wildman–Crippen MR) is 176 cm³/mol. The summed E-state index contributed by atoms with van der Waals surface area (Å²) < 4.78 is 0. The van der Waals surface area contributed by atoms with Crippen molar-refractivity contribution < 1.29 is 0 Å². The monoisotopic (exact) mass is 525 g/mol. The number of fused-ring (bicyclic) bond motifs is 9. The first-order chi connectivity index (χ1) is 20.0. The third-order valence-electron chi connectivity index (χ3n) is 9.15. The van der Waals surface area contributed by atoms with Gasteiger partial charge in [-0.05, 0) is 109 Å². The molecule has 0 saturated carbocycles. The van der Waals surface area contributed by atoms with Crippen LogP contribution in [0, 0.1) is 6.92 Å². The molecule has 0 radical (unpaired) electrons. The van der Waals surface area contributed by atoms with E-state index in [1.807, 2.05) is 0 Å². The summed E-state index contributed by atoms with van der Waals surface area (Å²) in [6, 6.07) is 46.8. The molecule has 0 amide bonds. The van der Waals surface area contributed by atoms with Crippen molar-refractivity contribution in [3.63, 3.8) is 0 Å². The lowest BCUT2D eigenvalue weighted by Gasteiger charge is -2.22. The van der Waals surface area contributed by atoms with Crippen molar-refractivity contribution in [2.24, 2.45) is 0 Å². The van der Waals surface area contributed by atoms with Crippen LogP contribution in [0.5, 0.6) is 0 Å². The standard InChI is InChI=1S/C40H31N/c1-25-22-27(41-28-18-21-36-35-14-8-9-15-38(35)40(2,3)39(36)24-28)17-20-29(25)26-16-19-34-32-12-5-4-10-30(32)31-11-6-7-13-33(31)37(34)23-26/h4-24,41H,1-3H3. The summed E-state index contributed by atoms with van der Waals surface area (Å²) in [6.07, 6.45) is 0. The first-order valence-electron chi connectivity index (χ1n) is 14.4. The third-order valence-corrected chi connectivity index (χ3v) is 9.15. The highest BCUT2D eigenvalue weighted by Crippen LogP contribution is 2.49. The fourth-order valence-electron chi connectivity index (χ4n) is 7.09. The van der Waals surface area contributed by atoms with E-state index < -0.39 is 0 Å². The Hall–Kier alpha value is -4.88. The zero-order valence-electron chi connectivity index (χ0n) is 23.6. The van der Waals surface area contributed by atoms with Crippen molar-refractivity contribution in [2.45, 2.75) is 26.2 Å². The van der Waals surface area contributed by atoms with Gasteiger partial charge in [0.25, 0.3) is 0 Å². The summed E-state index contributed by atoms with van der Waals surface area (Å²) in [5.41, 5.74) is 11.5. The molecular formula is C40H31N. The van der Waals surface area contributed by atoms with Crippen LogP contribution in [0.25, 0.3) is 54.6 Å². The second kappa shape index (κ2) is 8.81. The van der Waals surface area contributed by atoms with Crippen molar-refractivity contribution in [2.75, 3.05) is 5.32 Å². The molecule has 0 aliphatic heterocycles. The van der Waals surface area contributed by atoms with Crippen LogP contribution in [0.3, 0.4) is 0 Å². The molecule has 1 N–H and O–H groups in total. The van der Waals surface area contributed by atoms with Crippen LogP contribution in [0.2, 0.25) is 0 Å². The van der Waals surface area contributed by atoms with E-state index in [9.17, 15) is 0 Å². The van der Waals surface area contributed by atoms with Crippen LogP contribution >= 0.6 is 0 Å². The van der Waals surface area contributed by atoms with Crippen LogP contribution in [0.4, 0.5) is 11.4 Å². The van der Waals surface area contributed by atoms with Crippen LogP contribution in [0.15, 0.2) is 127 Å². The topological polar surface area (TPSA) is 12.0 Å². The Morgan fingerprint density at radius 1 is 0.439 bits per heavy atom. The molecule has 0 aromatic heterocycles. The molecule has 1 nitrogen and oxygen atoms in total. The Balaban J connectivity index is 1.16. The van der Waals surface area contributed by atoms with E-state index in [1.54, 1.807) is 0 Å². The molecule has 1 heteroatoms. The van der Waals surface area contributed by atoms with E-state index in [-0.39, 0.29) is 5.41 Å². The molecule has 0 unspecified atom stereocenters. The van der Waals surface area contributed by atoms with Crippen LogP contribution < -0.4 is 5.32 Å². The second-order valence-corrected chi connectivity index (χ2v) is 11.9. The lowest BCUT2D eigenvalue weighted by molar-refractivity contribution is 0.660. The van der Waals surface area contributed by atoms with Gasteiger partial charge in [0.05, 0.1) is 0 Å². The minimum atomic E-state index is -0.00499. The maximum absolute atomic E-state index is 3.69. The fourth-order valence-corrected chi connectivity index (χ4v) is 7.09. The van der Waals surface area contributed by atoms with Crippen molar-refractivity contribution in [1.29, 1.82) is 0 Å². The molecule has 41 heavy (non-hydrogen) atoms. The molecule has 0 bridgehead atoms. The van der Waals surface area contributed by atoms with Crippen molar-refractivity contribution in [3.05, 3.63) is 144 Å². The van der Waals surface area contributed by atoms with E-state index in [0.29, 0.717) is 0 Å². The van der Waals surface area contributed by atoms with Gasteiger partial charge < -0.3 is 5.32 Å². The highest BCUT2D eigenvalue weighted by molar-refractivity contribution is 6.25. The second-order valence-electron chi connectivity index (χ2n) is 11.9. The quantitative estimate of drug-likeness (QED) is 0.226.